The fraction of sp³-hybridized carbons (Fsp3) is 0.333. The number of aromatic nitrogens is 4. The number of rotatable bonds is 3. The lowest BCUT2D eigenvalue weighted by atomic mass is 9.98. The fourth-order valence-corrected chi connectivity index (χ4v) is 4.07. The average Bonchev–Trinajstić information content (AvgIpc) is 3.33. The first-order valence-corrected chi connectivity index (χ1v) is 9.18. The summed E-state index contributed by atoms with van der Waals surface area (Å²) in [5, 5.41) is 1.14. The van der Waals surface area contributed by atoms with E-state index in [9.17, 15) is 4.79 Å². The van der Waals surface area contributed by atoms with Crippen molar-refractivity contribution in [1.29, 1.82) is 0 Å². The number of thiazole rings is 1. The molecule has 0 radical (unpaired) electrons. The number of likely N-dealkylation sites (tertiary alicyclic amines) is 1. The number of pyridine rings is 1. The first-order valence-electron chi connectivity index (χ1n) is 8.36. The summed E-state index contributed by atoms with van der Waals surface area (Å²) < 4.78 is 1.82. The first kappa shape index (κ1) is 16.0. The highest BCUT2D eigenvalue weighted by molar-refractivity contribution is 7.11. The molecule has 0 bridgehead atoms. The Bertz CT molecular complexity index is 856. The highest BCUT2D eigenvalue weighted by atomic mass is 32.1. The average molecular weight is 353 g/mol. The zero-order valence-corrected chi connectivity index (χ0v) is 14.8. The second-order valence-corrected chi connectivity index (χ2v) is 7.54. The zero-order valence-electron chi connectivity index (χ0n) is 14.0. The number of nitrogens with zero attached hydrogens (tertiary/aromatic N) is 5. The molecule has 128 valence electrons. The smallest absolute Gasteiger partial charge is 0.255 e. The van der Waals surface area contributed by atoms with Gasteiger partial charge in [-0.1, -0.05) is 0 Å². The predicted octanol–water partition coefficient (Wildman–Crippen LogP) is 3.05. The number of hydrogen-bond acceptors (Lipinski definition) is 5. The van der Waals surface area contributed by atoms with Crippen molar-refractivity contribution < 1.29 is 4.79 Å². The normalized spacial score (nSPS) is 17.6. The summed E-state index contributed by atoms with van der Waals surface area (Å²) in [7, 11) is 0. The number of imidazole rings is 1. The lowest BCUT2D eigenvalue weighted by Gasteiger charge is -2.31. The van der Waals surface area contributed by atoms with Crippen LogP contribution in [0.5, 0.6) is 0 Å². The summed E-state index contributed by atoms with van der Waals surface area (Å²) in [4.78, 5) is 28.9. The third-order valence-corrected chi connectivity index (χ3v) is 5.54. The second-order valence-electron chi connectivity index (χ2n) is 6.27. The largest absolute Gasteiger partial charge is 0.338 e. The van der Waals surface area contributed by atoms with E-state index in [1.807, 2.05) is 34.0 Å². The van der Waals surface area contributed by atoms with Crippen molar-refractivity contribution >= 4 is 17.2 Å². The molecule has 1 aliphatic heterocycles. The molecule has 1 saturated heterocycles. The van der Waals surface area contributed by atoms with Gasteiger partial charge in [0.05, 0.1) is 10.6 Å². The number of amides is 1. The van der Waals surface area contributed by atoms with Gasteiger partial charge in [0.2, 0.25) is 0 Å². The monoisotopic (exact) mass is 353 g/mol. The van der Waals surface area contributed by atoms with Gasteiger partial charge in [0.25, 0.3) is 5.91 Å². The molecule has 1 amide bonds. The molecular formula is C18H19N5OS. The Labute approximate surface area is 150 Å². The van der Waals surface area contributed by atoms with Crippen LogP contribution in [0.25, 0.3) is 5.82 Å². The van der Waals surface area contributed by atoms with Crippen LogP contribution in [-0.2, 0) is 0 Å². The SMILES string of the molecule is Cc1cnc([C@@H]2CCCN(C(=O)c3ccc(-n4ccnc4)nc3)C2)s1. The Balaban J connectivity index is 1.48. The van der Waals surface area contributed by atoms with Crippen LogP contribution in [0, 0.1) is 6.92 Å². The first-order chi connectivity index (χ1) is 12.2. The van der Waals surface area contributed by atoms with Crippen molar-refractivity contribution in [3.8, 4) is 5.82 Å². The van der Waals surface area contributed by atoms with Crippen LogP contribution in [0.1, 0.15) is 39.0 Å². The van der Waals surface area contributed by atoms with Crippen molar-refractivity contribution in [2.45, 2.75) is 25.7 Å². The van der Waals surface area contributed by atoms with E-state index >= 15 is 0 Å². The molecule has 0 unspecified atom stereocenters. The van der Waals surface area contributed by atoms with Crippen molar-refractivity contribution in [3.63, 3.8) is 0 Å². The molecule has 6 nitrogen and oxygen atoms in total. The zero-order chi connectivity index (χ0) is 17.2. The molecule has 1 aliphatic rings. The van der Waals surface area contributed by atoms with Crippen LogP contribution < -0.4 is 0 Å². The molecule has 1 atom stereocenters. The van der Waals surface area contributed by atoms with Gasteiger partial charge < -0.3 is 4.90 Å². The number of aryl methyl sites for hydroxylation is 1. The van der Waals surface area contributed by atoms with E-state index in [-0.39, 0.29) is 5.91 Å². The van der Waals surface area contributed by atoms with Crippen molar-refractivity contribution in [2.24, 2.45) is 0 Å². The fourth-order valence-electron chi connectivity index (χ4n) is 3.17. The summed E-state index contributed by atoms with van der Waals surface area (Å²) in [5.41, 5.74) is 0.625. The van der Waals surface area contributed by atoms with Crippen molar-refractivity contribution in [1.82, 2.24) is 24.4 Å². The van der Waals surface area contributed by atoms with E-state index in [2.05, 4.69) is 21.9 Å². The quantitative estimate of drug-likeness (QED) is 0.726. The van der Waals surface area contributed by atoms with Gasteiger partial charge in [-0.15, -0.1) is 11.3 Å². The van der Waals surface area contributed by atoms with Crippen LogP contribution in [0.4, 0.5) is 0 Å². The summed E-state index contributed by atoms with van der Waals surface area (Å²) in [6, 6.07) is 3.68. The Hall–Kier alpha value is -2.54. The molecule has 0 saturated carbocycles. The van der Waals surface area contributed by atoms with E-state index in [0.717, 1.165) is 36.8 Å². The van der Waals surface area contributed by atoms with Crippen LogP contribution in [-0.4, -0.2) is 43.4 Å². The van der Waals surface area contributed by atoms with E-state index < -0.39 is 0 Å². The molecule has 0 aliphatic carbocycles. The maximum absolute atomic E-state index is 12.8. The second kappa shape index (κ2) is 6.76. The molecule has 4 heterocycles. The Kier molecular flexibility index (Phi) is 4.31. The van der Waals surface area contributed by atoms with E-state index in [1.165, 1.54) is 4.88 Å². The van der Waals surface area contributed by atoms with Crippen LogP contribution in [0.3, 0.4) is 0 Å². The van der Waals surface area contributed by atoms with Gasteiger partial charge >= 0.3 is 0 Å². The Morgan fingerprint density at radius 3 is 2.88 bits per heavy atom. The minimum Gasteiger partial charge on any atom is -0.338 e. The number of hydrogen-bond donors (Lipinski definition) is 0. The van der Waals surface area contributed by atoms with E-state index in [0.29, 0.717) is 11.5 Å². The molecule has 4 rings (SSSR count). The lowest BCUT2D eigenvalue weighted by molar-refractivity contribution is 0.0706. The summed E-state index contributed by atoms with van der Waals surface area (Å²) in [6.45, 7) is 3.60. The van der Waals surface area contributed by atoms with E-state index in [4.69, 9.17) is 0 Å². The Morgan fingerprint density at radius 2 is 2.20 bits per heavy atom. The minimum atomic E-state index is 0.0441. The topological polar surface area (TPSA) is 63.9 Å². The molecule has 0 aromatic carbocycles. The number of piperidine rings is 1. The van der Waals surface area contributed by atoms with Gasteiger partial charge in [0.1, 0.15) is 12.1 Å². The van der Waals surface area contributed by atoms with Crippen LogP contribution in [0.15, 0.2) is 43.2 Å². The molecule has 3 aromatic rings. The molecule has 0 N–H and O–H groups in total. The van der Waals surface area contributed by atoms with Crippen LogP contribution >= 0.6 is 11.3 Å². The van der Waals surface area contributed by atoms with Crippen molar-refractivity contribution in [2.75, 3.05) is 13.1 Å². The third-order valence-electron chi connectivity index (χ3n) is 4.46. The van der Waals surface area contributed by atoms with Gasteiger partial charge in [-0.2, -0.15) is 0 Å². The van der Waals surface area contributed by atoms with Gasteiger partial charge in [0.15, 0.2) is 0 Å². The summed E-state index contributed by atoms with van der Waals surface area (Å²) in [6.07, 6.45) is 10.9. The third kappa shape index (κ3) is 3.32. The lowest BCUT2D eigenvalue weighted by Crippen LogP contribution is -2.39. The molecular weight excluding hydrogens is 334 g/mol. The standard InChI is InChI=1S/C18H19N5OS/c1-13-9-21-17(25-13)15-3-2-7-22(11-15)18(24)14-4-5-16(20-10-14)23-8-6-19-12-23/h4-6,8-10,12,15H,2-3,7,11H2,1H3/t15-/m1/s1. The molecule has 25 heavy (non-hydrogen) atoms. The highest BCUT2D eigenvalue weighted by Gasteiger charge is 2.27. The minimum absolute atomic E-state index is 0.0441. The summed E-state index contributed by atoms with van der Waals surface area (Å²) >= 11 is 1.73. The molecule has 7 heteroatoms. The Morgan fingerprint density at radius 1 is 1.28 bits per heavy atom. The molecule has 0 spiro atoms. The van der Waals surface area contributed by atoms with Gasteiger partial charge in [0, 0.05) is 48.7 Å². The number of carbonyl (C=O) groups is 1. The number of carbonyl (C=O) groups excluding carboxylic acids is 1. The van der Waals surface area contributed by atoms with Gasteiger partial charge in [-0.05, 0) is 31.9 Å². The van der Waals surface area contributed by atoms with Crippen LogP contribution in [0.2, 0.25) is 0 Å². The molecule has 1 fully saturated rings. The maximum atomic E-state index is 12.8. The predicted molar refractivity (Wildman–Crippen MR) is 96.1 cm³/mol. The molecule has 3 aromatic heterocycles. The van der Waals surface area contributed by atoms with Gasteiger partial charge in [-0.25, -0.2) is 15.0 Å². The van der Waals surface area contributed by atoms with E-state index in [1.54, 1.807) is 30.1 Å². The highest BCUT2D eigenvalue weighted by Crippen LogP contribution is 2.30. The van der Waals surface area contributed by atoms with Crippen molar-refractivity contribution in [3.05, 3.63) is 58.7 Å². The maximum Gasteiger partial charge on any atom is 0.255 e. The summed E-state index contributed by atoms with van der Waals surface area (Å²) in [5.74, 6) is 1.14. The van der Waals surface area contributed by atoms with Gasteiger partial charge in [-0.3, -0.25) is 9.36 Å².